The number of carboxylic acids is 1. The Balaban J connectivity index is 1.57. The lowest BCUT2D eigenvalue weighted by molar-refractivity contribution is -0.147. The number of carboxylic acid groups (broad SMARTS) is 1. The maximum atomic E-state index is 12.6. The molecule has 7 heteroatoms. The van der Waals surface area contributed by atoms with Crippen LogP contribution in [0.1, 0.15) is 67.0 Å². The molecule has 204 valence electrons. The second-order valence-corrected chi connectivity index (χ2v) is 12.1. The zero-order chi connectivity index (χ0) is 28.1. The van der Waals surface area contributed by atoms with E-state index in [1.165, 1.54) is 16.7 Å². The molecule has 2 heterocycles. The molecule has 1 aromatic heterocycles. The molecule has 0 saturated carbocycles. The van der Waals surface area contributed by atoms with Crippen LogP contribution in [0.4, 0.5) is 0 Å². The molecule has 7 nitrogen and oxygen atoms in total. The average Bonchev–Trinajstić information content (AvgIpc) is 3.18. The van der Waals surface area contributed by atoms with Gasteiger partial charge in [0.2, 0.25) is 0 Å². The van der Waals surface area contributed by atoms with Crippen molar-refractivity contribution < 1.29 is 14.6 Å². The van der Waals surface area contributed by atoms with Crippen molar-refractivity contribution in [3.8, 4) is 5.75 Å². The summed E-state index contributed by atoms with van der Waals surface area (Å²) >= 11 is 0. The number of rotatable bonds is 6. The van der Waals surface area contributed by atoms with Crippen molar-refractivity contribution in [3.05, 3.63) is 88.0 Å². The van der Waals surface area contributed by atoms with E-state index in [0.29, 0.717) is 0 Å². The van der Waals surface area contributed by atoms with Crippen LogP contribution in [0, 0.1) is 19.3 Å². The van der Waals surface area contributed by atoms with E-state index in [0.717, 1.165) is 53.1 Å². The summed E-state index contributed by atoms with van der Waals surface area (Å²) in [4.78, 5) is 15.1. The third-order valence-electron chi connectivity index (χ3n) is 8.12. The standard InChI is InChI=1S/C32H38N4O3/c1-20-12-13-22(16-24(20)18-36-17-23-10-8-9-11-27(23)39-31(3,4)19-36)28(32(5,6)30(37)38)25-14-15-26-29(21(25)2)33-34-35(26)7/h8-16,28H,17-19H2,1-7H3,(H,37,38). The van der Waals surface area contributed by atoms with Gasteiger partial charge in [-0.15, -0.1) is 5.10 Å². The maximum absolute atomic E-state index is 12.6. The highest BCUT2D eigenvalue weighted by molar-refractivity contribution is 5.81. The van der Waals surface area contributed by atoms with Gasteiger partial charge in [-0.2, -0.15) is 0 Å². The van der Waals surface area contributed by atoms with Crippen molar-refractivity contribution in [2.75, 3.05) is 6.54 Å². The van der Waals surface area contributed by atoms with Crippen molar-refractivity contribution in [1.82, 2.24) is 19.9 Å². The van der Waals surface area contributed by atoms with Crippen molar-refractivity contribution in [2.45, 2.75) is 66.2 Å². The number of benzene rings is 3. The lowest BCUT2D eigenvalue weighted by Gasteiger charge is -2.33. The minimum atomic E-state index is -1.05. The predicted octanol–water partition coefficient (Wildman–Crippen LogP) is 6.00. The second kappa shape index (κ2) is 9.79. The molecule has 5 rings (SSSR count). The van der Waals surface area contributed by atoms with Gasteiger partial charge in [0, 0.05) is 38.2 Å². The fraction of sp³-hybridized carbons (Fsp3) is 0.406. The van der Waals surface area contributed by atoms with E-state index < -0.39 is 11.4 Å². The molecular formula is C32H38N4O3. The molecule has 1 unspecified atom stereocenters. The minimum Gasteiger partial charge on any atom is -0.486 e. The van der Waals surface area contributed by atoms with Crippen LogP contribution in [0.5, 0.6) is 5.75 Å². The third-order valence-corrected chi connectivity index (χ3v) is 8.12. The molecule has 0 aliphatic carbocycles. The molecule has 0 saturated heterocycles. The van der Waals surface area contributed by atoms with Crippen molar-refractivity contribution >= 4 is 17.0 Å². The minimum absolute atomic E-state index is 0.338. The number of carbonyl (C=O) groups is 1. The number of fused-ring (bicyclic) bond motifs is 2. The van der Waals surface area contributed by atoms with Gasteiger partial charge in [0.15, 0.2) is 0 Å². The summed E-state index contributed by atoms with van der Waals surface area (Å²) in [7, 11) is 1.87. The van der Waals surface area contributed by atoms with E-state index in [2.05, 4.69) is 66.3 Å². The van der Waals surface area contributed by atoms with Crippen LogP contribution < -0.4 is 4.74 Å². The molecule has 1 aliphatic heterocycles. The number of aromatic nitrogens is 3. The van der Waals surface area contributed by atoms with E-state index in [4.69, 9.17) is 4.74 Å². The first-order valence-electron chi connectivity index (χ1n) is 13.5. The topological polar surface area (TPSA) is 80.5 Å². The van der Waals surface area contributed by atoms with Gasteiger partial charge in [-0.1, -0.05) is 47.7 Å². The number of ether oxygens (including phenoxy) is 1. The summed E-state index contributed by atoms with van der Waals surface area (Å²) in [6.45, 7) is 14.3. The lowest BCUT2D eigenvalue weighted by Crippen LogP contribution is -2.40. The monoisotopic (exact) mass is 526 g/mol. The van der Waals surface area contributed by atoms with Crippen LogP contribution in [0.25, 0.3) is 11.0 Å². The molecule has 0 spiro atoms. The van der Waals surface area contributed by atoms with E-state index in [1.54, 1.807) is 4.68 Å². The Morgan fingerprint density at radius 3 is 2.62 bits per heavy atom. The normalized spacial score (nSPS) is 16.4. The molecule has 3 aromatic carbocycles. The lowest BCUT2D eigenvalue weighted by atomic mass is 9.69. The summed E-state index contributed by atoms with van der Waals surface area (Å²) in [5.74, 6) is -0.268. The van der Waals surface area contributed by atoms with Gasteiger partial charge in [-0.3, -0.25) is 9.69 Å². The van der Waals surface area contributed by atoms with Gasteiger partial charge in [0.05, 0.1) is 10.9 Å². The van der Waals surface area contributed by atoms with E-state index in [9.17, 15) is 9.90 Å². The molecule has 0 bridgehead atoms. The van der Waals surface area contributed by atoms with Gasteiger partial charge >= 0.3 is 5.97 Å². The fourth-order valence-corrected chi connectivity index (χ4v) is 5.96. The smallest absolute Gasteiger partial charge is 0.310 e. The van der Waals surface area contributed by atoms with E-state index in [-0.39, 0.29) is 11.5 Å². The Morgan fingerprint density at radius 2 is 1.87 bits per heavy atom. The summed E-state index contributed by atoms with van der Waals surface area (Å²) in [6, 6.07) is 18.7. The molecule has 4 aromatic rings. The number of hydrogen-bond acceptors (Lipinski definition) is 5. The quantitative estimate of drug-likeness (QED) is 0.332. The molecule has 1 atom stereocenters. The second-order valence-electron chi connectivity index (χ2n) is 12.1. The fourth-order valence-electron chi connectivity index (χ4n) is 5.96. The van der Waals surface area contributed by atoms with E-state index in [1.807, 2.05) is 52.1 Å². The van der Waals surface area contributed by atoms with Crippen LogP contribution in [0.3, 0.4) is 0 Å². The molecule has 1 aliphatic rings. The van der Waals surface area contributed by atoms with Crippen LogP contribution in [0.2, 0.25) is 0 Å². The van der Waals surface area contributed by atoms with Gasteiger partial charge in [0.25, 0.3) is 0 Å². The Bertz CT molecular complexity index is 1550. The van der Waals surface area contributed by atoms with Crippen LogP contribution >= 0.6 is 0 Å². The zero-order valence-corrected chi connectivity index (χ0v) is 23.9. The average molecular weight is 527 g/mol. The van der Waals surface area contributed by atoms with Crippen molar-refractivity contribution in [1.29, 1.82) is 0 Å². The number of para-hydroxylation sites is 1. The van der Waals surface area contributed by atoms with E-state index >= 15 is 0 Å². The Hall–Kier alpha value is -3.71. The van der Waals surface area contributed by atoms with Crippen LogP contribution in [0.15, 0.2) is 54.6 Å². The van der Waals surface area contributed by atoms with Crippen LogP contribution in [-0.4, -0.2) is 43.1 Å². The number of nitrogens with zero attached hydrogens (tertiary/aromatic N) is 4. The van der Waals surface area contributed by atoms with Gasteiger partial charge in [-0.25, -0.2) is 4.68 Å². The Labute approximate surface area is 230 Å². The summed E-state index contributed by atoms with van der Waals surface area (Å²) in [5.41, 5.74) is 6.80. The molecular weight excluding hydrogens is 488 g/mol. The molecule has 0 radical (unpaired) electrons. The number of aryl methyl sites for hydroxylation is 3. The molecule has 39 heavy (non-hydrogen) atoms. The first-order chi connectivity index (χ1) is 18.4. The highest BCUT2D eigenvalue weighted by atomic mass is 16.5. The highest BCUT2D eigenvalue weighted by Gasteiger charge is 2.40. The summed E-state index contributed by atoms with van der Waals surface area (Å²) in [5, 5.41) is 18.9. The molecule has 1 N–H and O–H groups in total. The SMILES string of the molecule is Cc1ccc(C(c2ccc3c(nnn3C)c2C)C(C)(C)C(=O)O)cc1CN1Cc2ccccc2OC(C)(C)C1. The van der Waals surface area contributed by atoms with Gasteiger partial charge in [-0.05, 0) is 81.5 Å². The predicted molar refractivity (Wildman–Crippen MR) is 153 cm³/mol. The number of hydrogen-bond donors (Lipinski definition) is 1. The van der Waals surface area contributed by atoms with Gasteiger partial charge < -0.3 is 9.84 Å². The highest BCUT2D eigenvalue weighted by Crippen LogP contribution is 2.44. The largest absolute Gasteiger partial charge is 0.486 e. The van der Waals surface area contributed by atoms with Crippen molar-refractivity contribution in [2.24, 2.45) is 12.5 Å². The Kier molecular flexibility index (Phi) is 6.75. The maximum Gasteiger partial charge on any atom is 0.310 e. The number of aliphatic carboxylic acids is 1. The molecule has 0 fully saturated rings. The van der Waals surface area contributed by atoms with Crippen molar-refractivity contribution in [3.63, 3.8) is 0 Å². The zero-order valence-electron chi connectivity index (χ0n) is 23.9. The third kappa shape index (κ3) is 5.03. The van der Waals surface area contributed by atoms with Gasteiger partial charge in [0.1, 0.15) is 16.9 Å². The first-order valence-corrected chi connectivity index (χ1v) is 13.5. The molecule has 0 amide bonds. The van der Waals surface area contributed by atoms with Crippen LogP contribution in [-0.2, 0) is 24.9 Å². The summed E-state index contributed by atoms with van der Waals surface area (Å²) < 4.78 is 8.11. The first kappa shape index (κ1) is 26.9. The Morgan fingerprint density at radius 1 is 1.13 bits per heavy atom. The summed E-state index contributed by atoms with van der Waals surface area (Å²) in [6.07, 6.45) is 0.